The van der Waals surface area contributed by atoms with Crippen LogP contribution in [0.1, 0.15) is 18.2 Å². The second kappa shape index (κ2) is 8.65. The second-order valence-electron chi connectivity index (χ2n) is 6.33. The van der Waals surface area contributed by atoms with Crippen molar-refractivity contribution in [2.75, 3.05) is 6.26 Å². The van der Waals surface area contributed by atoms with Gasteiger partial charge in [-0.2, -0.15) is 13.2 Å². The number of nitrogens with zero attached hydrogens (tertiary/aromatic N) is 4. The molecular weight excluding hydrogens is 441 g/mol. The molecule has 0 bridgehead atoms. The van der Waals surface area contributed by atoms with Gasteiger partial charge >= 0.3 is 6.18 Å². The maximum absolute atomic E-state index is 13.8. The monoisotopic (exact) mass is 456 g/mol. The summed E-state index contributed by atoms with van der Waals surface area (Å²) in [6.45, 7) is 1.70. The van der Waals surface area contributed by atoms with Crippen LogP contribution in [-0.2, 0) is 6.18 Å². The Morgan fingerprint density at radius 3 is 2.48 bits per heavy atom. The van der Waals surface area contributed by atoms with Crippen molar-refractivity contribution in [3.63, 3.8) is 0 Å². The van der Waals surface area contributed by atoms with Crippen LogP contribution in [0.5, 0.6) is 0 Å². The molecule has 31 heavy (non-hydrogen) atoms. The van der Waals surface area contributed by atoms with E-state index in [-0.39, 0.29) is 10.9 Å². The summed E-state index contributed by atoms with van der Waals surface area (Å²) in [6, 6.07) is 13.0. The number of rotatable bonds is 4. The maximum atomic E-state index is 13.8. The standard InChI is InChI=1S/C22H15F3N4S2/c1-3-7-14-10-11-16-17(19-18(22(23,24)25)12-26-21(28-19)30-2)13-29(20(16)27-14)31-15-8-5-4-6-9-15/h4-6,8-13H,1-2H3. The number of benzene rings is 1. The molecular formula is C22H15F3N4S2. The third-order valence-corrected chi connectivity index (χ3v) is 5.85. The molecule has 4 aromatic rings. The van der Waals surface area contributed by atoms with E-state index in [2.05, 4.69) is 26.8 Å². The molecule has 0 aliphatic carbocycles. The number of alkyl halides is 3. The fraction of sp³-hybridized carbons (Fsp3) is 0.136. The zero-order valence-electron chi connectivity index (χ0n) is 16.4. The Bertz CT molecular complexity index is 1310. The average molecular weight is 457 g/mol. The number of fused-ring (bicyclic) bond motifs is 1. The lowest BCUT2D eigenvalue weighted by atomic mass is 10.1. The summed E-state index contributed by atoms with van der Waals surface area (Å²) in [5.74, 6) is 5.70. The zero-order valence-corrected chi connectivity index (χ0v) is 18.1. The lowest BCUT2D eigenvalue weighted by Crippen LogP contribution is -2.10. The van der Waals surface area contributed by atoms with Crippen molar-refractivity contribution in [1.29, 1.82) is 0 Å². The first-order chi connectivity index (χ1) is 14.9. The molecule has 3 aromatic heterocycles. The van der Waals surface area contributed by atoms with Crippen molar-refractivity contribution in [2.45, 2.75) is 23.2 Å². The van der Waals surface area contributed by atoms with Crippen LogP contribution in [0.15, 0.2) is 64.9 Å². The van der Waals surface area contributed by atoms with Crippen molar-refractivity contribution < 1.29 is 13.2 Å². The smallest absolute Gasteiger partial charge is 0.270 e. The fourth-order valence-corrected chi connectivity index (χ4v) is 4.23. The minimum atomic E-state index is -4.59. The zero-order chi connectivity index (χ0) is 22.0. The van der Waals surface area contributed by atoms with Crippen LogP contribution in [0.4, 0.5) is 13.2 Å². The Morgan fingerprint density at radius 2 is 1.81 bits per heavy atom. The summed E-state index contributed by atoms with van der Waals surface area (Å²) >= 11 is 2.54. The van der Waals surface area contributed by atoms with Gasteiger partial charge in [0.2, 0.25) is 0 Å². The van der Waals surface area contributed by atoms with Gasteiger partial charge < -0.3 is 0 Å². The van der Waals surface area contributed by atoms with E-state index in [0.29, 0.717) is 22.3 Å². The summed E-state index contributed by atoms with van der Waals surface area (Å²) in [7, 11) is 0. The molecule has 156 valence electrons. The molecule has 0 atom stereocenters. The SMILES string of the molecule is CC#Cc1ccc2c(-c3nc(SC)ncc3C(F)(F)F)cn(Sc3ccccc3)c2n1. The van der Waals surface area contributed by atoms with Gasteiger partial charge in [0.25, 0.3) is 0 Å². The van der Waals surface area contributed by atoms with Crippen LogP contribution >= 0.6 is 23.7 Å². The number of pyridine rings is 1. The molecule has 0 amide bonds. The molecule has 3 heterocycles. The molecule has 0 radical (unpaired) electrons. The van der Waals surface area contributed by atoms with Crippen molar-refractivity contribution in [1.82, 2.24) is 18.9 Å². The number of thioether (sulfide) groups is 1. The van der Waals surface area contributed by atoms with Crippen molar-refractivity contribution >= 4 is 34.7 Å². The van der Waals surface area contributed by atoms with Crippen molar-refractivity contribution in [3.8, 4) is 23.1 Å². The van der Waals surface area contributed by atoms with Crippen LogP contribution in [-0.4, -0.2) is 25.2 Å². The Hall–Kier alpha value is -2.96. The predicted molar refractivity (Wildman–Crippen MR) is 118 cm³/mol. The van der Waals surface area contributed by atoms with Crippen LogP contribution in [0.2, 0.25) is 0 Å². The molecule has 4 nitrogen and oxygen atoms in total. The molecule has 1 aromatic carbocycles. The molecule has 4 rings (SSSR count). The van der Waals surface area contributed by atoms with Crippen molar-refractivity contribution in [3.05, 3.63) is 66.1 Å². The van der Waals surface area contributed by atoms with Gasteiger partial charge in [-0.05, 0) is 55.3 Å². The quantitative estimate of drug-likeness (QED) is 0.209. The van der Waals surface area contributed by atoms with E-state index >= 15 is 0 Å². The Morgan fingerprint density at radius 1 is 1.03 bits per heavy atom. The van der Waals surface area contributed by atoms with Crippen molar-refractivity contribution in [2.24, 2.45) is 0 Å². The summed E-state index contributed by atoms with van der Waals surface area (Å²) in [5, 5.41) is 0.822. The molecule has 0 N–H and O–H groups in total. The number of halogens is 3. The van der Waals surface area contributed by atoms with E-state index in [9.17, 15) is 13.2 Å². The van der Waals surface area contributed by atoms with Crippen LogP contribution in [0.3, 0.4) is 0 Å². The van der Waals surface area contributed by atoms with Gasteiger partial charge in [0.05, 0.1) is 5.69 Å². The van der Waals surface area contributed by atoms with E-state index in [1.54, 1.807) is 35.5 Å². The molecule has 0 aliphatic rings. The summed E-state index contributed by atoms with van der Waals surface area (Å²) in [4.78, 5) is 13.5. The molecule has 0 spiro atoms. The fourth-order valence-electron chi connectivity index (χ4n) is 3.00. The van der Waals surface area contributed by atoms with Gasteiger partial charge in [0.15, 0.2) is 10.8 Å². The van der Waals surface area contributed by atoms with Gasteiger partial charge in [-0.1, -0.05) is 35.9 Å². The largest absolute Gasteiger partial charge is 0.419 e. The summed E-state index contributed by atoms with van der Waals surface area (Å²) in [6.07, 6.45) is -0.390. The normalized spacial score (nSPS) is 11.4. The molecule has 9 heteroatoms. The molecule has 0 aliphatic heterocycles. The first kappa shape index (κ1) is 21.3. The lowest BCUT2D eigenvalue weighted by Gasteiger charge is -2.11. The van der Waals surface area contributed by atoms with Crippen LogP contribution in [0.25, 0.3) is 22.3 Å². The topological polar surface area (TPSA) is 43.6 Å². The van der Waals surface area contributed by atoms with Gasteiger partial charge in [0, 0.05) is 28.2 Å². The van der Waals surface area contributed by atoms with E-state index < -0.39 is 11.7 Å². The number of hydrogen-bond acceptors (Lipinski definition) is 5. The van der Waals surface area contributed by atoms with Gasteiger partial charge in [-0.15, -0.1) is 0 Å². The van der Waals surface area contributed by atoms with E-state index in [4.69, 9.17) is 0 Å². The Labute approximate surface area is 185 Å². The van der Waals surface area contributed by atoms with E-state index in [1.165, 1.54) is 23.7 Å². The van der Waals surface area contributed by atoms with Gasteiger partial charge in [-0.3, -0.25) is 3.97 Å². The lowest BCUT2D eigenvalue weighted by molar-refractivity contribution is -0.137. The molecule has 0 saturated heterocycles. The summed E-state index contributed by atoms with van der Waals surface area (Å²) in [5.41, 5.74) is 0.346. The third kappa shape index (κ3) is 4.40. The third-order valence-electron chi connectivity index (χ3n) is 4.33. The summed E-state index contributed by atoms with van der Waals surface area (Å²) < 4.78 is 43.0. The average Bonchev–Trinajstić information content (AvgIpc) is 3.11. The van der Waals surface area contributed by atoms with Crippen LogP contribution < -0.4 is 0 Å². The number of aromatic nitrogens is 4. The Kier molecular flexibility index (Phi) is 5.94. The minimum Gasteiger partial charge on any atom is -0.270 e. The highest BCUT2D eigenvalue weighted by molar-refractivity contribution is 7.98. The predicted octanol–water partition coefficient (Wildman–Crippen LogP) is 6.16. The number of hydrogen-bond donors (Lipinski definition) is 0. The first-order valence-electron chi connectivity index (χ1n) is 9.07. The highest BCUT2D eigenvalue weighted by Crippen LogP contribution is 2.40. The van der Waals surface area contributed by atoms with Crippen LogP contribution in [0, 0.1) is 11.8 Å². The minimum absolute atomic E-state index is 0.166. The highest BCUT2D eigenvalue weighted by atomic mass is 32.2. The van der Waals surface area contributed by atoms with Gasteiger partial charge in [-0.25, -0.2) is 15.0 Å². The van der Waals surface area contributed by atoms with Gasteiger partial charge in [0.1, 0.15) is 11.3 Å². The highest BCUT2D eigenvalue weighted by Gasteiger charge is 2.36. The second-order valence-corrected chi connectivity index (χ2v) is 8.15. The molecule has 0 unspecified atom stereocenters. The van der Waals surface area contributed by atoms with E-state index in [1.807, 2.05) is 30.3 Å². The van der Waals surface area contributed by atoms with E-state index in [0.717, 1.165) is 11.1 Å². The molecule has 0 fully saturated rings. The maximum Gasteiger partial charge on any atom is 0.419 e. The first-order valence-corrected chi connectivity index (χ1v) is 11.1. The molecule has 0 saturated carbocycles. The Balaban J connectivity index is 1.98.